The quantitative estimate of drug-likeness (QED) is 0.589. The van der Waals surface area contributed by atoms with Gasteiger partial charge in [-0.25, -0.2) is 4.99 Å². The van der Waals surface area contributed by atoms with Crippen LogP contribution in [0.1, 0.15) is 15.9 Å². The number of non-ortho nitro benzene ring substituents is 1. The van der Waals surface area contributed by atoms with Gasteiger partial charge in [0.05, 0.1) is 10.6 Å². The number of nitrogens with two attached hydrogens (primary N) is 1. The summed E-state index contributed by atoms with van der Waals surface area (Å²) in [5.74, 6) is -0.724. The highest BCUT2D eigenvalue weighted by molar-refractivity contribution is 5.95. The number of amides is 1. The molecule has 0 bridgehead atoms. The maximum Gasteiger partial charge on any atom is 0.270 e. The maximum absolute atomic E-state index is 11.7. The van der Waals surface area contributed by atoms with Gasteiger partial charge in [0.15, 0.2) is 0 Å². The van der Waals surface area contributed by atoms with Gasteiger partial charge in [0.2, 0.25) is 5.55 Å². The number of nitro groups is 1. The molecule has 1 amide bonds. The van der Waals surface area contributed by atoms with Crippen LogP contribution in [-0.4, -0.2) is 10.8 Å². The molecule has 0 atom stereocenters. The predicted molar refractivity (Wildman–Crippen MR) is 87.8 cm³/mol. The standard InChI is InChI=1S/C17H13N3O4/c1-10-2-4-12(5-3-10)19-17-14(16(18)21)9-11-8-13(20(22)23)6-7-15(11)24-17/h2-9H,1H3,(H2,18,21). The van der Waals surface area contributed by atoms with Crippen LogP contribution in [0.4, 0.5) is 11.4 Å². The van der Waals surface area contributed by atoms with Crippen LogP contribution in [0, 0.1) is 17.0 Å². The second-order valence-electron chi connectivity index (χ2n) is 5.26. The van der Waals surface area contributed by atoms with E-state index in [1.54, 1.807) is 12.1 Å². The monoisotopic (exact) mass is 323 g/mol. The Bertz CT molecular complexity index is 1020. The van der Waals surface area contributed by atoms with Gasteiger partial charge < -0.3 is 10.2 Å². The molecule has 24 heavy (non-hydrogen) atoms. The van der Waals surface area contributed by atoms with Crippen LogP contribution < -0.4 is 11.3 Å². The molecule has 0 aliphatic rings. The topological polar surface area (TPSA) is 112 Å². The maximum atomic E-state index is 11.7. The van der Waals surface area contributed by atoms with Crippen molar-refractivity contribution in [2.45, 2.75) is 6.92 Å². The second-order valence-corrected chi connectivity index (χ2v) is 5.26. The second kappa shape index (κ2) is 5.96. The summed E-state index contributed by atoms with van der Waals surface area (Å²) in [5, 5.41) is 11.3. The van der Waals surface area contributed by atoms with Gasteiger partial charge in [-0.1, -0.05) is 17.7 Å². The van der Waals surface area contributed by atoms with Gasteiger partial charge in [-0.2, -0.15) is 0 Å². The summed E-state index contributed by atoms with van der Waals surface area (Å²) in [5.41, 5.74) is 7.46. The van der Waals surface area contributed by atoms with Crippen LogP contribution in [-0.2, 0) is 0 Å². The van der Waals surface area contributed by atoms with Crippen LogP contribution in [0.25, 0.3) is 11.0 Å². The smallest absolute Gasteiger partial charge is 0.270 e. The fourth-order valence-corrected chi connectivity index (χ4v) is 2.23. The van der Waals surface area contributed by atoms with E-state index in [0.717, 1.165) is 5.56 Å². The largest absolute Gasteiger partial charge is 0.438 e. The molecule has 0 aliphatic carbocycles. The Morgan fingerprint density at radius 3 is 2.50 bits per heavy atom. The first-order valence-corrected chi connectivity index (χ1v) is 7.07. The third kappa shape index (κ3) is 3.00. The molecule has 120 valence electrons. The van der Waals surface area contributed by atoms with E-state index in [1.807, 2.05) is 19.1 Å². The Morgan fingerprint density at radius 1 is 1.17 bits per heavy atom. The highest BCUT2D eigenvalue weighted by atomic mass is 16.6. The highest BCUT2D eigenvalue weighted by Gasteiger charge is 2.12. The predicted octanol–water partition coefficient (Wildman–Crippen LogP) is 2.98. The zero-order chi connectivity index (χ0) is 17.3. The lowest BCUT2D eigenvalue weighted by Crippen LogP contribution is -2.21. The van der Waals surface area contributed by atoms with Crippen LogP contribution in [0.5, 0.6) is 0 Å². The normalized spacial score (nSPS) is 11.6. The number of fused-ring (bicyclic) bond motifs is 1. The van der Waals surface area contributed by atoms with Crippen LogP contribution in [0.15, 0.2) is 57.9 Å². The van der Waals surface area contributed by atoms with E-state index in [9.17, 15) is 14.9 Å². The van der Waals surface area contributed by atoms with E-state index >= 15 is 0 Å². The first kappa shape index (κ1) is 15.4. The number of benzene rings is 2. The molecular formula is C17H13N3O4. The van der Waals surface area contributed by atoms with Crippen molar-refractivity contribution < 1.29 is 14.1 Å². The van der Waals surface area contributed by atoms with Crippen molar-refractivity contribution in [1.29, 1.82) is 0 Å². The first-order chi connectivity index (χ1) is 11.4. The molecule has 1 aromatic heterocycles. The highest BCUT2D eigenvalue weighted by Crippen LogP contribution is 2.21. The van der Waals surface area contributed by atoms with E-state index in [1.165, 1.54) is 24.3 Å². The number of nitro benzene ring substituents is 1. The number of hydrogen-bond acceptors (Lipinski definition) is 5. The summed E-state index contributed by atoms with van der Waals surface area (Å²) in [4.78, 5) is 26.4. The SMILES string of the molecule is Cc1ccc(N=c2oc3ccc([N+](=O)[O-])cc3cc2C(N)=O)cc1. The lowest BCUT2D eigenvalue weighted by molar-refractivity contribution is -0.384. The third-order valence-electron chi connectivity index (χ3n) is 3.47. The molecule has 7 heteroatoms. The zero-order valence-electron chi connectivity index (χ0n) is 12.7. The van der Waals surface area contributed by atoms with E-state index in [-0.39, 0.29) is 16.8 Å². The average molecular weight is 323 g/mol. The van der Waals surface area contributed by atoms with E-state index in [2.05, 4.69) is 4.99 Å². The average Bonchev–Trinajstić information content (AvgIpc) is 2.55. The van der Waals surface area contributed by atoms with E-state index in [4.69, 9.17) is 10.2 Å². The molecule has 0 aliphatic heterocycles. The Kier molecular flexibility index (Phi) is 3.83. The fraction of sp³-hybridized carbons (Fsp3) is 0.0588. The van der Waals surface area contributed by atoms with Gasteiger partial charge in [0.1, 0.15) is 11.1 Å². The van der Waals surface area contributed by atoms with Gasteiger partial charge in [-0.05, 0) is 31.2 Å². The molecule has 0 saturated carbocycles. The molecule has 0 spiro atoms. The first-order valence-electron chi connectivity index (χ1n) is 7.07. The molecule has 2 aromatic carbocycles. The summed E-state index contributed by atoms with van der Waals surface area (Å²) in [6.45, 7) is 1.95. The van der Waals surface area contributed by atoms with Crippen molar-refractivity contribution in [2.24, 2.45) is 10.7 Å². The van der Waals surface area contributed by atoms with Crippen LogP contribution in [0.2, 0.25) is 0 Å². The lowest BCUT2D eigenvalue weighted by Gasteiger charge is -2.02. The van der Waals surface area contributed by atoms with Crippen molar-refractivity contribution in [1.82, 2.24) is 0 Å². The Hall–Kier alpha value is -3.48. The van der Waals surface area contributed by atoms with E-state index < -0.39 is 10.8 Å². The number of nitrogens with zero attached hydrogens (tertiary/aromatic N) is 2. The van der Waals surface area contributed by atoms with Gasteiger partial charge in [0, 0.05) is 17.5 Å². The van der Waals surface area contributed by atoms with Crippen molar-refractivity contribution in [3.63, 3.8) is 0 Å². The van der Waals surface area contributed by atoms with Crippen molar-refractivity contribution in [2.75, 3.05) is 0 Å². The molecule has 2 N–H and O–H groups in total. The minimum absolute atomic E-state index is 0.0589. The molecule has 7 nitrogen and oxygen atoms in total. The Labute approximate surface area is 136 Å². The number of carbonyl (C=O) groups is 1. The van der Waals surface area contributed by atoms with Crippen molar-refractivity contribution in [3.05, 3.63) is 75.3 Å². The van der Waals surface area contributed by atoms with Crippen LogP contribution >= 0.6 is 0 Å². The molecule has 0 saturated heterocycles. The Morgan fingerprint density at radius 2 is 1.88 bits per heavy atom. The Balaban J connectivity index is 2.25. The number of primary amides is 1. The minimum atomic E-state index is -0.724. The minimum Gasteiger partial charge on any atom is -0.438 e. The number of carbonyl (C=O) groups excluding carboxylic acids is 1. The van der Waals surface area contributed by atoms with Gasteiger partial charge in [0.25, 0.3) is 11.6 Å². The van der Waals surface area contributed by atoms with Crippen molar-refractivity contribution in [3.8, 4) is 0 Å². The molecular weight excluding hydrogens is 310 g/mol. The van der Waals surface area contributed by atoms with Gasteiger partial charge in [-0.15, -0.1) is 0 Å². The number of aryl methyl sites for hydroxylation is 1. The molecule has 3 rings (SSSR count). The summed E-state index contributed by atoms with van der Waals surface area (Å²) in [6, 6.07) is 12.9. The summed E-state index contributed by atoms with van der Waals surface area (Å²) >= 11 is 0. The fourth-order valence-electron chi connectivity index (χ4n) is 2.23. The molecule has 0 fully saturated rings. The summed E-state index contributed by atoms with van der Waals surface area (Å²) in [7, 11) is 0. The summed E-state index contributed by atoms with van der Waals surface area (Å²) in [6.07, 6.45) is 0. The molecule has 0 radical (unpaired) electrons. The van der Waals surface area contributed by atoms with E-state index in [0.29, 0.717) is 16.7 Å². The molecule has 3 aromatic rings. The number of rotatable bonds is 3. The van der Waals surface area contributed by atoms with Gasteiger partial charge >= 0.3 is 0 Å². The molecule has 1 heterocycles. The van der Waals surface area contributed by atoms with Crippen LogP contribution in [0.3, 0.4) is 0 Å². The molecule has 0 unspecified atom stereocenters. The van der Waals surface area contributed by atoms with Gasteiger partial charge in [-0.3, -0.25) is 14.9 Å². The zero-order valence-corrected chi connectivity index (χ0v) is 12.7. The number of hydrogen-bond donors (Lipinski definition) is 1. The summed E-state index contributed by atoms with van der Waals surface area (Å²) < 4.78 is 5.63. The lowest BCUT2D eigenvalue weighted by atomic mass is 10.1. The third-order valence-corrected chi connectivity index (χ3v) is 3.47. The van der Waals surface area contributed by atoms with Crippen molar-refractivity contribution >= 4 is 28.3 Å².